The highest BCUT2D eigenvalue weighted by Gasteiger charge is 2.31. The number of hydrogen-bond acceptors (Lipinski definition) is 3. The maximum atomic E-state index is 5.82. The van der Waals surface area contributed by atoms with E-state index in [-0.39, 0.29) is 6.29 Å². The van der Waals surface area contributed by atoms with Crippen molar-refractivity contribution in [2.24, 2.45) is 0 Å². The van der Waals surface area contributed by atoms with E-state index < -0.39 is 8.56 Å². The average molecular weight is 220 g/mol. The molecule has 14 heavy (non-hydrogen) atoms. The van der Waals surface area contributed by atoms with Gasteiger partial charge in [-0.1, -0.05) is 13.8 Å². The van der Waals surface area contributed by atoms with Gasteiger partial charge < -0.3 is 13.6 Å². The van der Waals surface area contributed by atoms with Crippen LogP contribution in [0.5, 0.6) is 0 Å². The molecule has 0 aliphatic carbocycles. The summed E-state index contributed by atoms with van der Waals surface area (Å²) in [7, 11) is -1.96. The Morgan fingerprint density at radius 1 is 1.21 bits per heavy atom. The highest BCUT2D eigenvalue weighted by atomic mass is 28.4. The van der Waals surface area contributed by atoms with Crippen molar-refractivity contribution in [2.45, 2.75) is 53.0 Å². The van der Waals surface area contributed by atoms with Crippen molar-refractivity contribution in [1.82, 2.24) is 0 Å². The molecular weight excluding hydrogens is 196 g/mol. The largest absolute Gasteiger partial charge is 0.395 e. The average Bonchev–Trinajstić information content (AvgIpc) is 2.15. The Morgan fingerprint density at radius 2 is 1.86 bits per heavy atom. The minimum atomic E-state index is -1.96. The normalized spacial score (nSPS) is 17.8. The zero-order chi connectivity index (χ0) is 11.0. The first-order chi connectivity index (χ1) is 6.58. The molecule has 0 fully saturated rings. The Morgan fingerprint density at radius 3 is 2.29 bits per heavy atom. The van der Waals surface area contributed by atoms with E-state index in [0.29, 0.717) is 0 Å². The molecule has 0 aromatic rings. The minimum Gasteiger partial charge on any atom is -0.395 e. The quantitative estimate of drug-likeness (QED) is 0.465. The van der Waals surface area contributed by atoms with Gasteiger partial charge in [0.15, 0.2) is 0 Å². The Bertz CT molecular complexity index is 143. The molecule has 0 N–H and O–H groups in total. The van der Waals surface area contributed by atoms with Crippen molar-refractivity contribution in [3.05, 3.63) is 0 Å². The maximum absolute atomic E-state index is 5.82. The molecule has 0 bridgehead atoms. The van der Waals surface area contributed by atoms with Gasteiger partial charge in [0.05, 0.1) is 0 Å². The van der Waals surface area contributed by atoms with Gasteiger partial charge in [-0.15, -0.1) is 0 Å². The standard InChI is InChI=1S/C10H24O3Si/c1-6-9-11-10(4)13-14(5,8-3)12-7-2/h10H,6-9H2,1-5H3. The van der Waals surface area contributed by atoms with Crippen molar-refractivity contribution in [3.63, 3.8) is 0 Å². The van der Waals surface area contributed by atoms with Gasteiger partial charge in [-0.05, 0) is 32.9 Å². The van der Waals surface area contributed by atoms with Crippen molar-refractivity contribution in [2.75, 3.05) is 13.2 Å². The third kappa shape index (κ3) is 5.75. The van der Waals surface area contributed by atoms with Crippen LogP contribution in [0.25, 0.3) is 0 Å². The molecule has 0 amide bonds. The summed E-state index contributed by atoms with van der Waals surface area (Å²) < 4.78 is 17.0. The van der Waals surface area contributed by atoms with Gasteiger partial charge >= 0.3 is 8.56 Å². The monoisotopic (exact) mass is 220 g/mol. The molecule has 0 saturated heterocycles. The first-order valence-electron chi connectivity index (χ1n) is 5.51. The van der Waals surface area contributed by atoms with E-state index in [4.69, 9.17) is 13.6 Å². The molecule has 0 aromatic heterocycles. The molecule has 0 heterocycles. The fourth-order valence-electron chi connectivity index (χ4n) is 1.19. The smallest absolute Gasteiger partial charge is 0.336 e. The fourth-order valence-corrected chi connectivity index (χ4v) is 3.01. The van der Waals surface area contributed by atoms with Gasteiger partial charge in [-0.3, -0.25) is 0 Å². The molecule has 0 rings (SSSR count). The van der Waals surface area contributed by atoms with E-state index in [2.05, 4.69) is 20.4 Å². The van der Waals surface area contributed by atoms with Crippen LogP contribution in [-0.2, 0) is 13.6 Å². The van der Waals surface area contributed by atoms with Gasteiger partial charge in [0.1, 0.15) is 6.29 Å². The summed E-state index contributed by atoms with van der Waals surface area (Å²) in [5, 5.41) is 0. The lowest BCUT2D eigenvalue weighted by atomic mass is 10.5. The van der Waals surface area contributed by atoms with Gasteiger partial charge in [-0.25, -0.2) is 0 Å². The number of rotatable bonds is 8. The molecule has 3 nitrogen and oxygen atoms in total. The molecule has 0 spiro atoms. The van der Waals surface area contributed by atoms with Crippen LogP contribution in [0.3, 0.4) is 0 Å². The van der Waals surface area contributed by atoms with Gasteiger partial charge in [-0.2, -0.15) is 0 Å². The van der Waals surface area contributed by atoms with Gasteiger partial charge in [0.2, 0.25) is 0 Å². The summed E-state index contributed by atoms with van der Waals surface area (Å²) in [5.74, 6) is 0. The van der Waals surface area contributed by atoms with Crippen LogP contribution in [0.2, 0.25) is 12.6 Å². The van der Waals surface area contributed by atoms with E-state index in [1.807, 2.05) is 13.8 Å². The van der Waals surface area contributed by atoms with Crippen molar-refractivity contribution >= 4 is 8.56 Å². The lowest BCUT2D eigenvalue weighted by molar-refractivity contribution is -0.0858. The summed E-state index contributed by atoms with van der Waals surface area (Å²) in [6, 6.07) is 0.959. The van der Waals surface area contributed by atoms with Gasteiger partial charge in [0, 0.05) is 13.2 Å². The Balaban J connectivity index is 3.89. The van der Waals surface area contributed by atoms with Gasteiger partial charge in [0.25, 0.3) is 0 Å². The number of ether oxygens (including phenoxy) is 1. The van der Waals surface area contributed by atoms with Crippen molar-refractivity contribution in [1.29, 1.82) is 0 Å². The second-order valence-electron chi connectivity index (χ2n) is 3.48. The molecule has 2 atom stereocenters. The number of hydrogen-bond donors (Lipinski definition) is 0. The van der Waals surface area contributed by atoms with E-state index in [0.717, 1.165) is 25.7 Å². The maximum Gasteiger partial charge on any atom is 0.336 e. The highest BCUT2D eigenvalue weighted by Crippen LogP contribution is 2.15. The van der Waals surface area contributed by atoms with Crippen LogP contribution < -0.4 is 0 Å². The second kappa shape index (κ2) is 7.40. The molecule has 0 aromatic carbocycles. The first-order valence-corrected chi connectivity index (χ1v) is 8.03. The summed E-state index contributed by atoms with van der Waals surface area (Å²) in [6.07, 6.45) is 0.880. The molecule has 2 unspecified atom stereocenters. The van der Waals surface area contributed by atoms with Crippen LogP contribution in [0.15, 0.2) is 0 Å². The first kappa shape index (κ1) is 14.1. The minimum absolute atomic E-state index is 0.141. The fraction of sp³-hybridized carbons (Fsp3) is 1.00. The summed E-state index contributed by atoms with van der Waals surface area (Å²) >= 11 is 0. The molecule has 0 aliphatic rings. The topological polar surface area (TPSA) is 27.7 Å². The predicted octanol–water partition coefficient (Wildman–Crippen LogP) is 2.90. The van der Waals surface area contributed by atoms with E-state index in [1.165, 1.54) is 0 Å². The van der Waals surface area contributed by atoms with E-state index in [9.17, 15) is 0 Å². The molecule has 0 radical (unpaired) electrons. The van der Waals surface area contributed by atoms with Crippen LogP contribution in [0.4, 0.5) is 0 Å². The summed E-state index contributed by atoms with van der Waals surface area (Å²) in [6.45, 7) is 11.7. The SMILES string of the molecule is CCCOC(C)O[Si](C)(CC)OCC. The Hall–Kier alpha value is 0.0969. The Kier molecular flexibility index (Phi) is 7.45. The molecule has 4 heteroatoms. The zero-order valence-corrected chi connectivity index (χ0v) is 11.1. The lowest BCUT2D eigenvalue weighted by Crippen LogP contribution is -2.41. The third-order valence-electron chi connectivity index (χ3n) is 2.06. The van der Waals surface area contributed by atoms with E-state index >= 15 is 0 Å². The van der Waals surface area contributed by atoms with Crippen LogP contribution in [0, 0.1) is 0 Å². The second-order valence-corrected chi connectivity index (χ2v) is 6.98. The molecule has 86 valence electrons. The van der Waals surface area contributed by atoms with Crippen molar-refractivity contribution in [3.8, 4) is 0 Å². The molecular formula is C10H24O3Si. The summed E-state index contributed by atoms with van der Waals surface area (Å²) in [4.78, 5) is 0. The highest BCUT2D eigenvalue weighted by molar-refractivity contribution is 6.65. The zero-order valence-electron chi connectivity index (χ0n) is 10.1. The lowest BCUT2D eigenvalue weighted by Gasteiger charge is -2.28. The third-order valence-corrected chi connectivity index (χ3v) is 5.08. The molecule has 0 saturated carbocycles. The van der Waals surface area contributed by atoms with Crippen molar-refractivity contribution < 1.29 is 13.6 Å². The predicted molar refractivity (Wildman–Crippen MR) is 60.5 cm³/mol. The van der Waals surface area contributed by atoms with E-state index in [1.54, 1.807) is 0 Å². The van der Waals surface area contributed by atoms with Crippen LogP contribution in [0.1, 0.15) is 34.1 Å². The summed E-state index contributed by atoms with van der Waals surface area (Å²) in [5.41, 5.74) is 0. The molecule has 0 aliphatic heterocycles. The van der Waals surface area contributed by atoms with Crippen LogP contribution in [-0.4, -0.2) is 28.1 Å². The Labute approximate surface area is 89.0 Å². The van der Waals surface area contributed by atoms with Crippen LogP contribution >= 0.6 is 0 Å².